The summed E-state index contributed by atoms with van der Waals surface area (Å²) < 4.78 is 13.9. The van der Waals surface area contributed by atoms with E-state index < -0.39 is 33.4 Å². The molecular weight excluding hydrogens is 703 g/mol. The first-order valence-electron chi connectivity index (χ1n) is 19.3. The van der Waals surface area contributed by atoms with Gasteiger partial charge in [-0.3, -0.25) is 19.5 Å². The number of likely N-dealkylation sites (tertiary alicyclic amines) is 1. The summed E-state index contributed by atoms with van der Waals surface area (Å²) >= 11 is 0. The van der Waals surface area contributed by atoms with Crippen LogP contribution in [-0.4, -0.2) is 67.0 Å². The number of amides is 2. The standard InChI is InChI=1S/C45H51BN2O6Si/c1-29-23-31(24-30(2)42(29)49)25-32(38-19-13-14-22-47-38)20-21-39-40-33(26-36-41(37(40)27-46(52)54-39)44(51)48(6)43(36)50)28-53-55(45(3,4)5,34-15-9-7-10-16-34)35-17-11-8-12-18-35/h7-19,22-25,36-37,39,41,49,52H,20-21,26-28H2,1-6H3/b32-25-/t36-,37+,39-,41-/m1/s1. The topological polar surface area (TPSA) is 109 Å². The van der Waals surface area contributed by atoms with E-state index in [1.165, 1.54) is 4.90 Å². The smallest absolute Gasteiger partial charge is 0.455 e. The second-order valence-corrected chi connectivity index (χ2v) is 20.7. The first-order chi connectivity index (χ1) is 26.3. The Morgan fingerprint density at radius 3 is 2.15 bits per heavy atom. The predicted octanol–water partition coefficient (Wildman–Crippen LogP) is 6.73. The van der Waals surface area contributed by atoms with Crippen molar-refractivity contribution in [1.29, 1.82) is 0 Å². The zero-order valence-electron chi connectivity index (χ0n) is 32.7. The average Bonchev–Trinajstić information content (AvgIpc) is 3.39. The third-order valence-corrected chi connectivity index (χ3v) is 16.9. The van der Waals surface area contributed by atoms with Gasteiger partial charge in [-0.1, -0.05) is 87.5 Å². The van der Waals surface area contributed by atoms with E-state index in [1.807, 2.05) is 56.3 Å². The van der Waals surface area contributed by atoms with Gasteiger partial charge in [-0.15, -0.1) is 0 Å². The number of phenolic OH excluding ortho intramolecular Hbond substituents is 1. The average molecular weight is 755 g/mol. The zero-order chi connectivity index (χ0) is 39.1. The lowest BCUT2D eigenvalue weighted by atomic mass is 9.58. The Labute approximate surface area is 326 Å². The molecule has 2 amide bonds. The molecule has 4 atom stereocenters. The normalized spacial score (nSPS) is 21.9. The molecule has 3 aliphatic rings. The van der Waals surface area contributed by atoms with Crippen LogP contribution in [0.3, 0.4) is 0 Å². The second kappa shape index (κ2) is 15.5. The van der Waals surface area contributed by atoms with E-state index in [4.69, 9.17) is 14.1 Å². The van der Waals surface area contributed by atoms with Crippen LogP contribution < -0.4 is 10.4 Å². The number of benzene rings is 3. The molecule has 2 saturated heterocycles. The van der Waals surface area contributed by atoms with Crippen LogP contribution in [0.15, 0.2) is 108 Å². The molecule has 3 aromatic carbocycles. The van der Waals surface area contributed by atoms with Crippen molar-refractivity contribution in [2.75, 3.05) is 13.7 Å². The van der Waals surface area contributed by atoms with Crippen LogP contribution in [0.1, 0.15) is 62.4 Å². The molecule has 1 aliphatic carbocycles. The minimum Gasteiger partial charge on any atom is -0.507 e. The molecule has 0 radical (unpaired) electrons. The molecule has 2 N–H and O–H groups in total. The Morgan fingerprint density at radius 2 is 1.56 bits per heavy atom. The third-order valence-electron chi connectivity index (χ3n) is 11.9. The third kappa shape index (κ3) is 7.29. The molecule has 8 nitrogen and oxygen atoms in total. The number of rotatable bonds is 10. The fourth-order valence-corrected chi connectivity index (χ4v) is 13.9. The molecule has 2 aliphatic heterocycles. The van der Waals surface area contributed by atoms with Crippen LogP contribution in [0, 0.1) is 31.6 Å². The van der Waals surface area contributed by atoms with Gasteiger partial charge in [0.05, 0.1) is 30.2 Å². The monoisotopic (exact) mass is 754 g/mol. The van der Waals surface area contributed by atoms with E-state index in [0.29, 0.717) is 19.3 Å². The summed E-state index contributed by atoms with van der Waals surface area (Å²) in [6.07, 6.45) is 5.07. The van der Waals surface area contributed by atoms with Gasteiger partial charge in [0, 0.05) is 13.2 Å². The van der Waals surface area contributed by atoms with E-state index >= 15 is 0 Å². The second-order valence-electron chi connectivity index (χ2n) is 16.4. The highest BCUT2D eigenvalue weighted by Crippen LogP contribution is 2.51. The highest BCUT2D eigenvalue weighted by molar-refractivity contribution is 6.99. The number of phenols is 1. The van der Waals surface area contributed by atoms with Crippen LogP contribution in [-0.2, 0) is 18.7 Å². The van der Waals surface area contributed by atoms with Gasteiger partial charge in [0.1, 0.15) is 5.75 Å². The first-order valence-corrected chi connectivity index (χ1v) is 21.2. The number of carbonyl (C=O) groups excluding carboxylic acids is 2. The van der Waals surface area contributed by atoms with Crippen molar-refractivity contribution in [1.82, 2.24) is 9.88 Å². The van der Waals surface area contributed by atoms with Crippen LogP contribution in [0.5, 0.6) is 5.75 Å². The lowest BCUT2D eigenvalue weighted by molar-refractivity contribution is -0.138. The van der Waals surface area contributed by atoms with Crippen LogP contribution in [0.25, 0.3) is 11.6 Å². The molecule has 4 aromatic rings. The number of aromatic nitrogens is 1. The van der Waals surface area contributed by atoms with E-state index in [2.05, 4.69) is 75.4 Å². The maximum absolute atomic E-state index is 13.8. The highest BCUT2D eigenvalue weighted by atomic mass is 28.4. The molecule has 2 fully saturated rings. The predicted molar refractivity (Wildman–Crippen MR) is 220 cm³/mol. The van der Waals surface area contributed by atoms with Gasteiger partial charge in [-0.25, -0.2) is 0 Å². The molecule has 10 heteroatoms. The maximum Gasteiger partial charge on any atom is 0.455 e. The summed E-state index contributed by atoms with van der Waals surface area (Å²) in [7, 11) is -2.48. The Hall–Kier alpha value is -4.61. The summed E-state index contributed by atoms with van der Waals surface area (Å²) in [5, 5.41) is 23.8. The Bertz CT molecular complexity index is 2050. The SMILES string of the molecule is Cc1cc(/C=C(/CC[C@H]2OB(O)C[C@H]3C2=C(CO[Si](c2ccccc2)(c2ccccc2)C(C)(C)C)C[C@H]2C(=O)N(C)C(=O)[C@H]23)c2ccccn2)cc(C)c1O. The van der Waals surface area contributed by atoms with E-state index in [-0.39, 0.29) is 41.4 Å². The molecule has 284 valence electrons. The van der Waals surface area contributed by atoms with Crippen molar-refractivity contribution in [3.63, 3.8) is 0 Å². The number of hydrogen-bond donors (Lipinski definition) is 2. The minimum absolute atomic E-state index is 0.172. The first kappa shape index (κ1) is 38.7. The maximum atomic E-state index is 13.8. The van der Waals surface area contributed by atoms with E-state index in [9.17, 15) is 19.7 Å². The fraction of sp³-hybridized carbons (Fsp3) is 0.356. The highest BCUT2D eigenvalue weighted by Gasteiger charge is 2.57. The van der Waals surface area contributed by atoms with Gasteiger partial charge in [-0.2, -0.15) is 0 Å². The van der Waals surface area contributed by atoms with Crippen LogP contribution in [0.2, 0.25) is 11.4 Å². The summed E-state index contributed by atoms with van der Waals surface area (Å²) in [6.45, 7) is 10.8. The summed E-state index contributed by atoms with van der Waals surface area (Å²) in [5.74, 6) is -1.51. The van der Waals surface area contributed by atoms with Crippen molar-refractivity contribution < 1.29 is 28.8 Å². The molecule has 0 spiro atoms. The van der Waals surface area contributed by atoms with Gasteiger partial charge >= 0.3 is 7.12 Å². The van der Waals surface area contributed by atoms with E-state index in [0.717, 1.165) is 49.5 Å². The number of pyridine rings is 1. The van der Waals surface area contributed by atoms with E-state index in [1.54, 1.807) is 13.2 Å². The van der Waals surface area contributed by atoms with Gasteiger partial charge in [0.25, 0.3) is 8.32 Å². The zero-order valence-corrected chi connectivity index (χ0v) is 33.7. The molecule has 3 heterocycles. The lowest BCUT2D eigenvalue weighted by Crippen LogP contribution is -2.66. The van der Waals surface area contributed by atoms with Gasteiger partial charge in [0.2, 0.25) is 11.8 Å². The molecule has 7 rings (SSSR count). The van der Waals surface area contributed by atoms with Gasteiger partial charge in [-0.05, 0) is 125 Å². The molecular formula is C45H51BN2O6Si. The fourth-order valence-electron chi connectivity index (χ4n) is 9.40. The van der Waals surface area contributed by atoms with Crippen molar-refractivity contribution >= 4 is 49.3 Å². The lowest BCUT2D eigenvalue weighted by Gasteiger charge is -2.46. The molecule has 0 unspecified atom stereocenters. The Kier molecular flexibility index (Phi) is 10.9. The number of nitrogens with zero attached hydrogens (tertiary/aromatic N) is 2. The Morgan fingerprint density at radius 1 is 0.945 bits per heavy atom. The molecule has 0 bridgehead atoms. The molecule has 55 heavy (non-hydrogen) atoms. The minimum atomic E-state index is -2.96. The van der Waals surface area contributed by atoms with Crippen molar-refractivity contribution in [2.24, 2.45) is 17.8 Å². The molecule has 0 saturated carbocycles. The van der Waals surface area contributed by atoms with Gasteiger partial charge in [0.15, 0.2) is 0 Å². The summed E-state index contributed by atoms with van der Waals surface area (Å²) in [4.78, 5) is 33.4. The number of aromatic hydroxyl groups is 1. The van der Waals surface area contributed by atoms with Crippen LogP contribution in [0.4, 0.5) is 0 Å². The summed E-state index contributed by atoms with van der Waals surface area (Å²) in [5.41, 5.74) is 6.32. The van der Waals surface area contributed by atoms with Crippen molar-refractivity contribution in [2.45, 2.75) is 71.3 Å². The number of hydrogen-bond acceptors (Lipinski definition) is 7. The largest absolute Gasteiger partial charge is 0.507 e. The quantitative estimate of drug-likeness (QED) is 0.105. The van der Waals surface area contributed by atoms with Crippen molar-refractivity contribution in [3.8, 4) is 5.75 Å². The van der Waals surface area contributed by atoms with Crippen molar-refractivity contribution in [3.05, 3.63) is 131 Å². The number of aryl methyl sites for hydroxylation is 2. The van der Waals surface area contributed by atoms with Crippen LogP contribution >= 0.6 is 0 Å². The Balaban J connectivity index is 1.31. The number of fused-ring (bicyclic) bond motifs is 3. The number of allylic oxidation sites excluding steroid dienone is 1. The number of carbonyl (C=O) groups is 2. The molecule has 1 aromatic heterocycles. The summed E-state index contributed by atoms with van der Waals surface area (Å²) in [6, 6.07) is 30.8. The number of imide groups is 1. The van der Waals surface area contributed by atoms with Gasteiger partial charge < -0.3 is 19.2 Å².